The van der Waals surface area contributed by atoms with Crippen molar-refractivity contribution in [1.82, 2.24) is 24.4 Å². The van der Waals surface area contributed by atoms with Gasteiger partial charge in [-0.25, -0.2) is 9.97 Å². The molecule has 0 bridgehead atoms. The number of hydrogen-bond donors (Lipinski definition) is 1. The summed E-state index contributed by atoms with van der Waals surface area (Å²) in [6.07, 6.45) is 1.31. The highest BCUT2D eigenvalue weighted by Gasteiger charge is 2.24. The molecule has 1 atom stereocenters. The molecule has 2 N–H and O–H groups in total. The Morgan fingerprint density at radius 2 is 1.91 bits per heavy atom. The summed E-state index contributed by atoms with van der Waals surface area (Å²) in [6.45, 7) is 7.93. The third-order valence-corrected chi connectivity index (χ3v) is 6.44. The van der Waals surface area contributed by atoms with Gasteiger partial charge in [0.2, 0.25) is 5.95 Å². The molecule has 0 saturated carbocycles. The molecule has 3 aromatic heterocycles. The van der Waals surface area contributed by atoms with E-state index in [1.54, 1.807) is 11.7 Å². The number of hydrogen-bond acceptors (Lipinski definition) is 9. The number of anilines is 2. The number of nitrogen functional groups attached to an aromatic ring is 1. The van der Waals surface area contributed by atoms with Gasteiger partial charge in [0, 0.05) is 44.5 Å². The van der Waals surface area contributed by atoms with Crippen LogP contribution in [0.5, 0.6) is 5.75 Å². The fourth-order valence-electron chi connectivity index (χ4n) is 4.65. The summed E-state index contributed by atoms with van der Waals surface area (Å²) in [5, 5.41) is 0. The summed E-state index contributed by atoms with van der Waals surface area (Å²) in [5.74, 6) is 2.22. The molecule has 0 spiro atoms. The van der Waals surface area contributed by atoms with E-state index in [1.165, 1.54) is 11.9 Å². The third kappa shape index (κ3) is 4.57. The Kier molecular flexibility index (Phi) is 6.12. The number of aromatic nitrogens is 4. The van der Waals surface area contributed by atoms with Gasteiger partial charge in [-0.2, -0.15) is 4.98 Å². The molecule has 1 aromatic carbocycles. The predicted octanol–water partition coefficient (Wildman–Crippen LogP) is 2.56. The standard InChI is InChI=1S/C25H29N7O3/c1-16-15-30(10-12-31(16)18-5-7-19(34-3)8-6-18)11-13-32-21(33)14-27-23-22(20-9-4-17(2)35-20)28-25(26)29-24(23)32/h4-9,14,16H,10-13,15H2,1-3H3,(H2,26,28,29)/t16-/m0/s1. The van der Waals surface area contributed by atoms with E-state index in [1.807, 2.05) is 31.2 Å². The molecule has 1 aliphatic heterocycles. The highest BCUT2D eigenvalue weighted by Crippen LogP contribution is 2.27. The van der Waals surface area contributed by atoms with Crippen molar-refractivity contribution in [3.8, 4) is 17.2 Å². The van der Waals surface area contributed by atoms with Crippen molar-refractivity contribution in [3.63, 3.8) is 0 Å². The topological polar surface area (TPSA) is 116 Å². The van der Waals surface area contributed by atoms with E-state index >= 15 is 0 Å². The monoisotopic (exact) mass is 475 g/mol. The van der Waals surface area contributed by atoms with Gasteiger partial charge < -0.3 is 19.8 Å². The zero-order valence-corrected chi connectivity index (χ0v) is 20.1. The predicted molar refractivity (Wildman–Crippen MR) is 135 cm³/mol. The van der Waals surface area contributed by atoms with Crippen LogP contribution in [-0.2, 0) is 6.54 Å². The maximum Gasteiger partial charge on any atom is 0.270 e. The number of nitrogens with two attached hydrogens (primary N) is 1. The van der Waals surface area contributed by atoms with Gasteiger partial charge in [-0.1, -0.05) is 0 Å². The fourth-order valence-corrected chi connectivity index (χ4v) is 4.65. The molecule has 1 aliphatic rings. The first-order valence-corrected chi connectivity index (χ1v) is 11.7. The van der Waals surface area contributed by atoms with Crippen LogP contribution in [0.4, 0.5) is 11.6 Å². The molecular weight excluding hydrogens is 446 g/mol. The minimum Gasteiger partial charge on any atom is -0.497 e. The molecule has 35 heavy (non-hydrogen) atoms. The van der Waals surface area contributed by atoms with Crippen molar-refractivity contribution in [2.75, 3.05) is 43.9 Å². The van der Waals surface area contributed by atoms with Gasteiger partial charge in [0.05, 0.1) is 13.3 Å². The smallest absolute Gasteiger partial charge is 0.270 e. The van der Waals surface area contributed by atoms with Crippen molar-refractivity contribution in [2.24, 2.45) is 0 Å². The minimum absolute atomic E-state index is 0.0735. The van der Waals surface area contributed by atoms with Crippen LogP contribution in [-0.4, -0.2) is 63.7 Å². The Labute approximate surface area is 203 Å². The fraction of sp³-hybridized carbons (Fsp3) is 0.360. The summed E-state index contributed by atoms with van der Waals surface area (Å²) in [6, 6.07) is 12.2. The Morgan fingerprint density at radius 3 is 2.60 bits per heavy atom. The summed E-state index contributed by atoms with van der Waals surface area (Å²) in [7, 11) is 1.67. The van der Waals surface area contributed by atoms with Gasteiger partial charge in [0.25, 0.3) is 5.56 Å². The van der Waals surface area contributed by atoms with Crippen LogP contribution in [0.25, 0.3) is 22.6 Å². The summed E-state index contributed by atoms with van der Waals surface area (Å²) in [5.41, 5.74) is 8.35. The normalized spacial score (nSPS) is 16.7. The lowest BCUT2D eigenvalue weighted by Crippen LogP contribution is -2.52. The van der Waals surface area contributed by atoms with Gasteiger partial charge in [0.15, 0.2) is 11.4 Å². The van der Waals surface area contributed by atoms with Crippen molar-refractivity contribution in [1.29, 1.82) is 0 Å². The number of rotatable bonds is 6. The zero-order valence-electron chi connectivity index (χ0n) is 20.1. The Bertz CT molecular complexity index is 1400. The second kappa shape index (κ2) is 9.38. The van der Waals surface area contributed by atoms with Crippen molar-refractivity contribution >= 4 is 22.8 Å². The van der Waals surface area contributed by atoms with Gasteiger partial charge in [-0.3, -0.25) is 14.3 Å². The number of methoxy groups -OCH3 is 1. The molecule has 4 heterocycles. The second-order valence-electron chi connectivity index (χ2n) is 8.80. The molecule has 4 aromatic rings. The first-order chi connectivity index (χ1) is 16.9. The molecule has 0 unspecified atom stereocenters. The highest BCUT2D eigenvalue weighted by atomic mass is 16.5. The van der Waals surface area contributed by atoms with Crippen LogP contribution in [0.2, 0.25) is 0 Å². The van der Waals surface area contributed by atoms with Gasteiger partial charge in [-0.15, -0.1) is 0 Å². The third-order valence-electron chi connectivity index (χ3n) is 6.44. The largest absolute Gasteiger partial charge is 0.497 e. The maximum absolute atomic E-state index is 12.8. The molecule has 10 heteroatoms. The average Bonchev–Trinajstić information content (AvgIpc) is 3.29. The van der Waals surface area contributed by atoms with Crippen molar-refractivity contribution in [2.45, 2.75) is 26.4 Å². The van der Waals surface area contributed by atoms with Gasteiger partial charge >= 0.3 is 0 Å². The summed E-state index contributed by atoms with van der Waals surface area (Å²) >= 11 is 0. The number of nitrogens with zero attached hydrogens (tertiary/aromatic N) is 6. The van der Waals surface area contributed by atoms with E-state index in [0.29, 0.717) is 41.7 Å². The average molecular weight is 476 g/mol. The molecule has 182 valence electrons. The van der Waals surface area contributed by atoms with E-state index in [2.05, 4.69) is 43.8 Å². The molecule has 0 aliphatic carbocycles. The lowest BCUT2D eigenvalue weighted by atomic mass is 10.1. The number of aryl methyl sites for hydroxylation is 1. The molecule has 10 nitrogen and oxygen atoms in total. The van der Waals surface area contributed by atoms with E-state index < -0.39 is 0 Å². The molecule has 1 saturated heterocycles. The van der Waals surface area contributed by atoms with Crippen LogP contribution in [0.15, 0.2) is 51.8 Å². The van der Waals surface area contributed by atoms with E-state index in [0.717, 1.165) is 31.1 Å². The van der Waals surface area contributed by atoms with E-state index in [9.17, 15) is 4.79 Å². The molecule has 0 radical (unpaired) electrons. The van der Waals surface area contributed by atoms with Crippen LogP contribution < -0.4 is 20.9 Å². The van der Waals surface area contributed by atoms with Crippen LogP contribution >= 0.6 is 0 Å². The molecule has 0 amide bonds. The van der Waals surface area contributed by atoms with Crippen LogP contribution in [0, 0.1) is 6.92 Å². The quantitative estimate of drug-likeness (QED) is 0.449. The van der Waals surface area contributed by atoms with Gasteiger partial charge in [-0.05, 0) is 50.2 Å². The van der Waals surface area contributed by atoms with Crippen LogP contribution in [0.1, 0.15) is 12.7 Å². The Morgan fingerprint density at radius 1 is 1.11 bits per heavy atom. The zero-order chi connectivity index (χ0) is 24.5. The summed E-state index contributed by atoms with van der Waals surface area (Å²) in [4.78, 5) is 30.6. The Hall–Kier alpha value is -3.92. The minimum atomic E-state index is -0.220. The molecule has 5 rings (SSSR count). The highest BCUT2D eigenvalue weighted by molar-refractivity contribution is 5.86. The Balaban J connectivity index is 1.34. The van der Waals surface area contributed by atoms with Crippen molar-refractivity contribution in [3.05, 3.63) is 58.7 Å². The lowest BCUT2D eigenvalue weighted by Gasteiger charge is -2.41. The number of benzene rings is 1. The second-order valence-corrected chi connectivity index (χ2v) is 8.80. The first kappa shape index (κ1) is 22.9. The number of ether oxygens (including phenoxy) is 1. The van der Waals surface area contributed by atoms with Gasteiger partial charge in [0.1, 0.15) is 22.7 Å². The molecule has 1 fully saturated rings. The maximum atomic E-state index is 12.8. The van der Waals surface area contributed by atoms with Crippen LogP contribution in [0.3, 0.4) is 0 Å². The summed E-state index contributed by atoms with van der Waals surface area (Å²) < 4.78 is 12.6. The van der Waals surface area contributed by atoms with Crippen molar-refractivity contribution < 1.29 is 9.15 Å². The molecular formula is C25H29N7O3. The number of furan rings is 1. The van der Waals surface area contributed by atoms with E-state index in [4.69, 9.17) is 14.9 Å². The first-order valence-electron chi connectivity index (χ1n) is 11.7. The van der Waals surface area contributed by atoms with E-state index in [-0.39, 0.29) is 11.5 Å². The number of piperazine rings is 1. The lowest BCUT2D eigenvalue weighted by molar-refractivity contribution is 0.221. The SMILES string of the molecule is COc1ccc(N2CCN(CCn3c(=O)cnc4c(-c5ccc(C)o5)nc(N)nc43)C[C@@H]2C)cc1. The number of fused-ring (bicyclic) bond motifs is 1.